The molecule has 0 saturated heterocycles. The van der Waals surface area contributed by atoms with E-state index in [9.17, 15) is 0 Å². The summed E-state index contributed by atoms with van der Waals surface area (Å²) in [5, 5.41) is 1.15. The van der Waals surface area contributed by atoms with Crippen LogP contribution in [0.3, 0.4) is 0 Å². The predicted octanol–water partition coefficient (Wildman–Crippen LogP) is 5.69. The molecule has 5 heteroatoms. The Morgan fingerprint density at radius 1 is 1.05 bits per heavy atom. The van der Waals surface area contributed by atoms with Gasteiger partial charge in [-0.3, -0.25) is 0 Å². The molecule has 21 heavy (non-hydrogen) atoms. The molecule has 1 unspecified atom stereocenters. The Hall–Kier alpha value is -0.900. The lowest BCUT2D eigenvalue weighted by atomic mass is 10.0. The second kappa shape index (κ2) is 7.39. The van der Waals surface area contributed by atoms with Crippen molar-refractivity contribution in [3.63, 3.8) is 0 Å². The first-order chi connectivity index (χ1) is 10.1. The second-order valence-corrected chi connectivity index (χ2v) is 6.39. The van der Waals surface area contributed by atoms with E-state index >= 15 is 0 Å². The number of alkyl halides is 1. The molecule has 0 aliphatic rings. The normalized spacial score (nSPS) is 12.0. The van der Waals surface area contributed by atoms with Gasteiger partial charge in [0.2, 0.25) is 0 Å². The Morgan fingerprint density at radius 3 is 2.43 bits per heavy atom. The average molecular weight is 390 g/mol. The van der Waals surface area contributed by atoms with Gasteiger partial charge in [-0.25, -0.2) is 0 Å². The van der Waals surface area contributed by atoms with Crippen LogP contribution in [0.2, 0.25) is 10.0 Å². The summed E-state index contributed by atoms with van der Waals surface area (Å²) < 4.78 is 10.6. The summed E-state index contributed by atoms with van der Waals surface area (Å²) in [5.41, 5.74) is 2.09. The standard InChI is InChI=1S/C16H15BrCl2O2/c1-20-14-7-6-10(9-15(14)21-2)8-12(17)11-4-3-5-13(18)16(11)19/h3-7,9,12H,8H2,1-2H3. The molecule has 1 atom stereocenters. The van der Waals surface area contributed by atoms with Crippen LogP contribution in [0, 0.1) is 0 Å². The SMILES string of the molecule is COc1ccc(CC(Br)c2cccc(Cl)c2Cl)cc1OC. The van der Waals surface area contributed by atoms with E-state index in [1.807, 2.05) is 30.3 Å². The van der Waals surface area contributed by atoms with Gasteiger partial charge < -0.3 is 9.47 Å². The Balaban J connectivity index is 2.23. The third kappa shape index (κ3) is 3.85. The maximum atomic E-state index is 6.25. The van der Waals surface area contributed by atoms with Crippen LogP contribution in [-0.2, 0) is 6.42 Å². The van der Waals surface area contributed by atoms with Crippen LogP contribution >= 0.6 is 39.1 Å². The Morgan fingerprint density at radius 2 is 1.76 bits per heavy atom. The Kier molecular flexibility index (Phi) is 5.80. The van der Waals surface area contributed by atoms with Crippen molar-refractivity contribution in [2.45, 2.75) is 11.2 Å². The molecule has 2 nitrogen and oxygen atoms in total. The molecule has 2 aromatic carbocycles. The maximum absolute atomic E-state index is 6.25. The molecule has 0 heterocycles. The van der Waals surface area contributed by atoms with Crippen molar-refractivity contribution in [3.05, 3.63) is 57.6 Å². The quantitative estimate of drug-likeness (QED) is 0.611. The lowest BCUT2D eigenvalue weighted by Gasteiger charge is -2.14. The summed E-state index contributed by atoms with van der Waals surface area (Å²) in [7, 11) is 3.25. The third-order valence-corrected chi connectivity index (χ3v) is 4.83. The first-order valence-electron chi connectivity index (χ1n) is 6.35. The van der Waals surface area contributed by atoms with Gasteiger partial charge in [-0.15, -0.1) is 0 Å². The van der Waals surface area contributed by atoms with Crippen LogP contribution < -0.4 is 9.47 Å². The number of rotatable bonds is 5. The van der Waals surface area contributed by atoms with Gasteiger partial charge in [0.25, 0.3) is 0 Å². The highest BCUT2D eigenvalue weighted by Crippen LogP contribution is 2.37. The monoisotopic (exact) mass is 388 g/mol. The summed E-state index contributed by atoms with van der Waals surface area (Å²) in [5.74, 6) is 1.43. The topological polar surface area (TPSA) is 18.5 Å². The summed E-state index contributed by atoms with van der Waals surface area (Å²) in [6.45, 7) is 0. The van der Waals surface area contributed by atoms with Gasteiger partial charge in [0, 0.05) is 4.83 Å². The Bertz CT molecular complexity index is 632. The van der Waals surface area contributed by atoms with Gasteiger partial charge in [-0.05, 0) is 35.7 Å². The summed E-state index contributed by atoms with van der Waals surface area (Å²) in [4.78, 5) is 0.0711. The molecule has 0 aromatic heterocycles. The number of benzene rings is 2. The van der Waals surface area contributed by atoms with Gasteiger partial charge in [0.05, 0.1) is 24.3 Å². The van der Waals surface area contributed by atoms with Crippen molar-refractivity contribution < 1.29 is 9.47 Å². The van der Waals surface area contributed by atoms with Crippen LogP contribution in [0.1, 0.15) is 16.0 Å². The highest BCUT2D eigenvalue weighted by Gasteiger charge is 2.15. The maximum Gasteiger partial charge on any atom is 0.160 e. The lowest BCUT2D eigenvalue weighted by Crippen LogP contribution is -1.98. The molecule has 0 radical (unpaired) electrons. The number of hydrogen-bond donors (Lipinski definition) is 0. The summed E-state index contributed by atoms with van der Waals surface area (Å²) >= 11 is 16.0. The average Bonchev–Trinajstić information content (AvgIpc) is 2.49. The minimum Gasteiger partial charge on any atom is -0.493 e. The van der Waals surface area contributed by atoms with Crippen molar-refractivity contribution in [2.75, 3.05) is 14.2 Å². The van der Waals surface area contributed by atoms with Crippen molar-refractivity contribution >= 4 is 39.1 Å². The van der Waals surface area contributed by atoms with E-state index < -0.39 is 0 Å². The zero-order chi connectivity index (χ0) is 15.4. The molecule has 0 bridgehead atoms. The zero-order valence-electron chi connectivity index (χ0n) is 11.7. The first kappa shape index (κ1) is 16.5. The molecule has 0 aliphatic heterocycles. The predicted molar refractivity (Wildman–Crippen MR) is 91.4 cm³/mol. The number of ether oxygens (including phenoxy) is 2. The number of hydrogen-bond acceptors (Lipinski definition) is 2. The van der Waals surface area contributed by atoms with Gasteiger partial charge in [0.15, 0.2) is 11.5 Å². The molecule has 112 valence electrons. The van der Waals surface area contributed by atoms with E-state index in [1.54, 1.807) is 20.3 Å². The minimum atomic E-state index is 0.0711. The fraction of sp³-hybridized carbons (Fsp3) is 0.250. The molecular weight excluding hydrogens is 375 g/mol. The molecule has 0 aliphatic carbocycles. The fourth-order valence-corrected chi connectivity index (χ4v) is 3.41. The van der Waals surface area contributed by atoms with E-state index in [4.69, 9.17) is 32.7 Å². The summed E-state index contributed by atoms with van der Waals surface area (Å²) in [6, 6.07) is 11.5. The van der Waals surface area contributed by atoms with Gasteiger partial charge >= 0.3 is 0 Å². The van der Waals surface area contributed by atoms with Crippen molar-refractivity contribution in [2.24, 2.45) is 0 Å². The van der Waals surface area contributed by atoms with Gasteiger partial charge in [-0.2, -0.15) is 0 Å². The highest BCUT2D eigenvalue weighted by molar-refractivity contribution is 9.09. The Labute approximate surface area is 143 Å². The largest absolute Gasteiger partial charge is 0.493 e. The van der Waals surface area contributed by atoms with Crippen LogP contribution in [0.15, 0.2) is 36.4 Å². The van der Waals surface area contributed by atoms with Gasteiger partial charge in [-0.1, -0.05) is 57.3 Å². The first-order valence-corrected chi connectivity index (χ1v) is 8.03. The minimum absolute atomic E-state index is 0.0711. The number of halogens is 3. The van der Waals surface area contributed by atoms with E-state index in [0.29, 0.717) is 21.5 Å². The smallest absolute Gasteiger partial charge is 0.160 e. The van der Waals surface area contributed by atoms with Crippen LogP contribution in [0.25, 0.3) is 0 Å². The molecule has 0 fully saturated rings. The van der Waals surface area contributed by atoms with E-state index in [1.165, 1.54) is 0 Å². The molecule has 0 saturated carbocycles. The van der Waals surface area contributed by atoms with Crippen molar-refractivity contribution in [3.8, 4) is 11.5 Å². The second-order valence-electron chi connectivity index (χ2n) is 4.50. The summed E-state index contributed by atoms with van der Waals surface area (Å²) in [6.07, 6.45) is 0.764. The highest BCUT2D eigenvalue weighted by atomic mass is 79.9. The van der Waals surface area contributed by atoms with Gasteiger partial charge in [0.1, 0.15) is 0 Å². The van der Waals surface area contributed by atoms with E-state index in [0.717, 1.165) is 17.5 Å². The van der Waals surface area contributed by atoms with E-state index in [-0.39, 0.29) is 4.83 Å². The van der Waals surface area contributed by atoms with Crippen LogP contribution in [0.5, 0.6) is 11.5 Å². The van der Waals surface area contributed by atoms with Crippen molar-refractivity contribution in [1.29, 1.82) is 0 Å². The molecular formula is C16H15BrCl2O2. The third-order valence-electron chi connectivity index (χ3n) is 3.18. The van der Waals surface area contributed by atoms with Crippen LogP contribution in [-0.4, -0.2) is 14.2 Å². The van der Waals surface area contributed by atoms with E-state index in [2.05, 4.69) is 15.9 Å². The fourth-order valence-electron chi connectivity index (χ4n) is 2.09. The molecule has 0 spiro atoms. The van der Waals surface area contributed by atoms with Crippen molar-refractivity contribution in [1.82, 2.24) is 0 Å². The molecule has 0 amide bonds. The lowest BCUT2D eigenvalue weighted by molar-refractivity contribution is 0.354. The molecule has 2 aromatic rings. The molecule has 0 N–H and O–H groups in total. The molecule has 2 rings (SSSR count). The number of methoxy groups -OCH3 is 2. The zero-order valence-corrected chi connectivity index (χ0v) is 14.8. The van der Waals surface area contributed by atoms with Crippen LogP contribution in [0.4, 0.5) is 0 Å².